The van der Waals surface area contributed by atoms with Crippen molar-refractivity contribution >= 4 is 11.8 Å². The van der Waals surface area contributed by atoms with Crippen LogP contribution in [-0.2, 0) is 9.59 Å². The van der Waals surface area contributed by atoms with Crippen molar-refractivity contribution in [1.82, 2.24) is 4.90 Å². The van der Waals surface area contributed by atoms with Crippen LogP contribution in [-0.4, -0.2) is 52.2 Å². The molecule has 0 saturated carbocycles. The first-order valence-electron chi connectivity index (χ1n) is 5.39. The van der Waals surface area contributed by atoms with E-state index in [0.717, 1.165) is 12.8 Å². The number of amides is 2. The summed E-state index contributed by atoms with van der Waals surface area (Å²) >= 11 is 0. The van der Waals surface area contributed by atoms with Crippen molar-refractivity contribution in [2.45, 2.75) is 38.9 Å². The summed E-state index contributed by atoms with van der Waals surface area (Å²) in [4.78, 5) is 23.7. The lowest BCUT2D eigenvalue weighted by Gasteiger charge is -2.25. The van der Waals surface area contributed by atoms with E-state index in [9.17, 15) is 19.8 Å². The Kier molecular flexibility index (Phi) is 6.67. The van der Waals surface area contributed by atoms with Gasteiger partial charge in [-0.05, 0) is 12.8 Å². The smallest absolute Gasteiger partial charge is 0.254 e. The molecule has 2 amide bonds. The average molecular weight is 232 g/mol. The molecule has 16 heavy (non-hydrogen) atoms. The zero-order chi connectivity index (χ0) is 12.7. The van der Waals surface area contributed by atoms with Crippen molar-refractivity contribution in [3.8, 4) is 0 Å². The van der Waals surface area contributed by atoms with Gasteiger partial charge in [0.1, 0.15) is 0 Å². The van der Waals surface area contributed by atoms with E-state index in [1.807, 2.05) is 13.8 Å². The molecule has 0 fully saturated rings. The van der Waals surface area contributed by atoms with E-state index in [1.165, 1.54) is 4.90 Å². The van der Waals surface area contributed by atoms with Crippen LogP contribution in [0.4, 0.5) is 0 Å². The minimum absolute atomic E-state index is 0.481. The number of carbonyl (C=O) groups excluding carboxylic acids is 2. The van der Waals surface area contributed by atoms with Gasteiger partial charge in [-0.3, -0.25) is 9.59 Å². The molecule has 0 unspecified atom stereocenters. The minimum atomic E-state index is -1.84. The minimum Gasteiger partial charge on any atom is -0.380 e. The molecule has 2 atom stereocenters. The molecule has 0 aromatic carbocycles. The van der Waals surface area contributed by atoms with E-state index >= 15 is 0 Å². The van der Waals surface area contributed by atoms with Gasteiger partial charge >= 0.3 is 0 Å². The summed E-state index contributed by atoms with van der Waals surface area (Å²) in [6.07, 6.45) is -2.13. The Balaban J connectivity index is 4.52. The first-order chi connectivity index (χ1) is 7.45. The lowest BCUT2D eigenvalue weighted by atomic mass is 10.1. The Morgan fingerprint density at radius 3 is 1.88 bits per heavy atom. The molecule has 0 bridgehead atoms. The molecule has 0 radical (unpaired) electrons. The molecule has 0 rings (SSSR count). The van der Waals surface area contributed by atoms with Gasteiger partial charge in [-0.2, -0.15) is 0 Å². The summed E-state index contributed by atoms with van der Waals surface area (Å²) in [6.45, 7) is 4.75. The molecule has 6 nitrogen and oxygen atoms in total. The number of rotatable bonds is 7. The zero-order valence-electron chi connectivity index (χ0n) is 9.72. The Bertz CT molecular complexity index is 239. The van der Waals surface area contributed by atoms with Crippen LogP contribution in [0, 0.1) is 0 Å². The number of hydrogen-bond donors (Lipinski definition) is 3. The summed E-state index contributed by atoms with van der Waals surface area (Å²) in [5.41, 5.74) is 4.80. The Morgan fingerprint density at radius 1 is 1.12 bits per heavy atom. The first kappa shape index (κ1) is 14.9. The van der Waals surface area contributed by atoms with Crippen LogP contribution < -0.4 is 5.73 Å². The maximum Gasteiger partial charge on any atom is 0.254 e. The Morgan fingerprint density at radius 2 is 1.56 bits per heavy atom. The van der Waals surface area contributed by atoms with Crippen LogP contribution in [0.5, 0.6) is 0 Å². The number of nitrogens with two attached hydrogens (primary N) is 1. The Hall–Kier alpha value is -1.14. The fourth-order valence-electron chi connectivity index (χ4n) is 1.35. The number of primary amides is 1. The molecule has 94 valence electrons. The van der Waals surface area contributed by atoms with Gasteiger partial charge in [0.2, 0.25) is 5.91 Å². The molecule has 0 aliphatic heterocycles. The van der Waals surface area contributed by atoms with Crippen LogP contribution in [0.25, 0.3) is 0 Å². The average Bonchev–Trinajstić information content (AvgIpc) is 2.25. The number of hydrogen-bond acceptors (Lipinski definition) is 4. The molecular formula is C10H20N2O4. The molecule has 0 aromatic rings. The van der Waals surface area contributed by atoms with E-state index in [1.54, 1.807) is 0 Å². The highest BCUT2D eigenvalue weighted by Crippen LogP contribution is 2.03. The monoisotopic (exact) mass is 232 g/mol. The van der Waals surface area contributed by atoms with Crippen LogP contribution in [0.3, 0.4) is 0 Å². The largest absolute Gasteiger partial charge is 0.380 e. The SMILES string of the molecule is CCCN(CCC)C(=O)[C@H](O)[C@@H](O)C(N)=O. The molecule has 0 saturated heterocycles. The van der Waals surface area contributed by atoms with E-state index in [0.29, 0.717) is 13.1 Å². The molecule has 6 heteroatoms. The van der Waals surface area contributed by atoms with Crippen molar-refractivity contribution in [2.24, 2.45) is 5.73 Å². The van der Waals surface area contributed by atoms with E-state index in [4.69, 9.17) is 5.73 Å². The van der Waals surface area contributed by atoms with Crippen LogP contribution in [0.1, 0.15) is 26.7 Å². The van der Waals surface area contributed by atoms with Crippen molar-refractivity contribution in [2.75, 3.05) is 13.1 Å². The zero-order valence-corrected chi connectivity index (χ0v) is 9.72. The van der Waals surface area contributed by atoms with Crippen LogP contribution in [0.2, 0.25) is 0 Å². The molecule has 0 aliphatic carbocycles. The molecular weight excluding hydrogens is 212 g/mol. The fraction of sp³-hybridized carbons (Fsp3) is 0.800. The van der Waals surface area contributed by atoms with Gasteiger partial charge in [0.15, 0.2) is 12.2 Å². The number of nitrogens with zero attached hydrogens (tertiary/aromatic N) is 1. The maximum atomic E-state index is 11.7. The quantitative estimate of drug-likeness (QED) is 0.515. The highest BCUT2D eigenvalue weighted by Gasteiger charge is 2.31. The van der Waals surface area contributed by atoms with Crippen molar-refractivity contribution in [1.29, 1.82) is 0 Å². The lowest BCUT2D eigenvalue weighted by molar-refractivity contribution is -0.152. The predicted octanol–water partition coefficient (Wildman–Crippen LogP) is -1.16. The summed E-state index contributed by atoms with van der Waals surface area (Å²) in [5, 5.41) is 18.6. The highest BCUT2D eigenvalue weighted by atomic mass is 16.3. The van der Waals surface area contributed by atoms with Crippen molar-refractivity contribution in [3.63, 3.8) is 0 Å². The summed E-state index contributed by atoms with van der Waals surface area (Å²) in [5.74, 6) is -1.76. The van der Waals surface area contributed by atoms with Crippen molar-refractivity contribution < 1.29 is 19.8 Å². The van der Waals surface area contributed by atoms with Gasteiger partial charge in [-0.25, -0.2) is 0 Å². The van der Waals surface area contributed by atoms with Crippen LogP contribution in [0.15, 0.2) is 0 Å². The van der Waals surface area contributed by atoms with Gasteiger partial charge in [0, 0.05) is 13.1 Å². The summed E-state index contributed by atoms with van der Waals surface area (Å²) in [6, 6.07) is 0. The second-order valence-corrected chi connectivity index (χ2v) is 3.62. The number of aliphatic hydroxyl groups excluding tert-OH is 2. The van der Waals surface area contributed by atoms with Gasteiger partial charge in [-0.1, -0.05) is 13.8 Å². The first-order valence-corrected chi connectivity index (χ1v) is 5.39. The Labute approximate surface area is 95.0 Å². The van der Waals surface area contributed by atoms with Gasteiger partial charge in [-0.15, -0.1) is 0 Å². The molecule has 0 heterocycles. The number of carbonyl (C=O) groups is 2. The van der Waals surface area contributed by atoms with Crippen LogP contribution >= 0.6 is 0 Å². The predicted molar refractivity (Wildman–Crippen MR) is 58.4 cm³/mol. The third kappa shape index (κ3) is 4.16. The van der Waals surface area contributed by atoms with Gasteiger partial charge < -0.3 is 20.8 Å². The van der Waals surface area contributed by atoms with Gasteiger partial charge in [0.25, 0.3) is 5.91 Å². The molecule has 0 aromatic heterocycles. The second-order valence-electron chi connectivity index (χ2n) is 3.62. The van der Waals surface area contributed by atoms with E-state index in [2.05, 4.69) is 0 Å². The maximum absolute atomic E-state index is 11.7. The third-order valence-corrected chi connectivity index (χ3v) is 2.14. The molecule has 4 N–H and O–H groups in total. The van der Waals surface area contributed by atoms with Crippen molar-refractivity contribution in [3.05, 3.63) is 0 Å². The highest BCUT2D eigenvalue weighted by molar-refractivity contribution is 5.89. The fourth-order valence-corrected chi connectivity index (χ4v) is 1.35. The molecule has 0 aliphatic rings. The second kappa shape index (κ2) is 7.19. The third-order valence-electron chi connectivity index (χ3n) is 2.14. The summed E-state index contributed by atoms with van der Waals surface area (Å²) < 4.78 is 0. The normalized spacial score (nSPS) is 14.2. The topological polar surface area (TPSA) is 104 Å². The standard InChI is InChI=1S/C10H20N2O4/c1-3-5-12(6-4-2)10(16)8(14)7(13)9(11)15/h7-8,13-14H,3-6H2,1-2H3,(H2,11,15)/t7-,8-/m1/s1. The number of aliphatic hydroxyl groups is 2. The van der Waals surface area contributed by atoms with E-state index in [-0.39, 0.29) is 0 Å². The van der Waals surface area contributed by atoms with E-state index < -0.39 is 24.0 Å². The molecule has 0 spiro atoms. The lowest BCUT2D eigenvalue weighted by Crippen LogP contribution is -2.49. The summed E-state index contributed by atoms with van der Waals surface area (Å²) in [7, 11) is 0. The van der Waals surface area contributed by atoms with Gasteiger partial charge in [0.05, 0.1) is 0 Å².